The number of nitrogens with zero attached hydrogens (tertiary/aromatic N) is 1. The van der Waals surface area contributed by atoms with Gasteiger partial charge >= 0.3 is 11.9 Å². The van der Waals surface area contributed by atoms with Gasteiger partial charge in [0.25, 0.3) is 5.91 Å². The fourth-order valence-electron chi connectivity index (χ4n) is 4.09. The van der Waals surface area contributed by atoms with Crippen molar-refractivity contribution in [2.75, 3.05) is 20.3 Å². The van der Waals surface area contributed by atoms with Gasteiger partial charge in [-0.3, -0.25) is 14.2 Å². The number of ether oxygens (including phenoxy) is 3. The maximum Gasteiger partial charge on any atom is 0.330 e. The number of hydrogen-bond donors (Lipinski definition) is 1. The van der Waals surface area contributed by atoms with Crippen LogP contribution in [0.25, 0.3) is 17.0 Å². The number of rotatable bonds is 9. The molecule has 0 saturated carbocycles. The normalized spacial score (nSPS) is 11.1. The van der Waals surface area contributed by atoms with Gasteiger partial charge < -0.3 is 19.3 Å². The molecule has 0 atom stereocenters. The van der Waals surface area contributed by atoms with Crippen LogP contribution in [0.2, 0.25) is 5.02 Å². The molecule has 4 aromatic rings. The first kappa shape index (κ1) is 27.5. The third kappa shape index (κ3) is 6.66. The van der Waals surface area contributed by atoms with E-state index in [2.05, 4.69) is 0 Å². The van der Waals surface area contributed by atoms with Crippen molar-refractivity contribution < 1.29 is 33.7 Å². The Hall–Kier alpha value is -4.56. The summed E-state index contributed by atoms with van der Waals surface area (Å²) in [6.07, 6.45) is 2.70. The van der Waals surface area contributed by atoms with Gasteiger partial charge in [-0.15, -0.1) is 0 Å². The second-order valence-corrected chi connectivity index (χ2v) is 9.02. The highest BCUT2D eigenvalue weighted by Gasteiger charge is 2.22. The van der Waals surface area contributed by atoms with Crippen LogP contribution in [0.3, 0.4) is 0 Å². The highest BCUT2D eigenvalue weighted by Crippen LogP contribution is 2.31. The van der Waals surface area contributed by atoms with Crippen molar-refractivity contribution in [1.29, 1.82) is 0 Å². The lowest BCUT2D eigenvalue weighted by Crippen LogP contribution is -2.16. The van der Waals surface area contributed by atoms with E-state index in [4.69, 9.17) is 25.8 Å². The molecule has 0 radical (unpaired) electrons. The molecule has 0 aliphatic carbocycles. The van der Waals surface area contributed by atoms with Gasteiger partial charge in [0, 0.05) is 27.7 Å². The number of phenolic OH excluding ortho intramolecular Hbond substituents is 1. The topological polar surface area (TPSA) is 104 Å². The third-order valence-corrected chi connectivity index (χ3v) is 6.30. The molecule has 0 saturated heterocycles. The van der Waals surface area contributed by atoms with Crippen LogP contribution in [0, 0.1) is 6.92 Å². The van der Waals surface area contributed by atoms with E-state index in [1.807, 2.05) is 0 Å². The van der Waals surface area contributed by atoms with Crippen molar-refractivity contribution >= 4 is 46.4 Å². The summed E-state index contributed by atoms with van der Waals surface area (Å²) in [4.78, 5) is 38.0. The van der Waals surface area contributed by atoms with E-state index < -0.39 is 11.9 Å². The number of methoxy groups -OCH3 is 1. The second kappa shape index (κ2) is 12.3. The molecule has 0 spiro atoms. The summed E-state index contributed by atoms with van der Waals surface area (Å²) in [5.74, 6) is -0.671. The highest BCUT2D eigenvalue weighted by atomic mass is 35.5. The fourth-order valence-corrected chi connectivity index (χ4v) is 4.21. The Morgan fingerprint density at radius 3 is 2.33 bits per heavy atom. The van der Waals surface area contributed by atoms with Crippen molar-refractivity contribution in [3.63, 3.8) is 0 Å². The highest BCUT2D eigenvalue weighted by molar-refractivity contribution is 6.30. The molecule has 3 aromatic carbocycles. The van der Waals surface area contributed by atoms with Crippen molar-refractivity contribution in [3.05, 3.63) is 100 Å². The average Bonchev–Trinajstić information content (AvgIpc) is 3.20. The molecule has 1 N–H and O–H groups in total. The molecule has 0 aliphatic rings. The van der Waals surface area contributed by atoms with Gasteiger partial charge in [0.15, 0.2) is 0 Å². The first-order valence-electron chi connectivity index (χ1n) is 12.0. The summed E-state index contributed by atoms with van der Waals surface area (Å²) < 4.78 is 17.3. The molecule has 0 fully saturated rings. The lowest BCUT2D eigenvalue weighted by molar-refractivity contribution is -0.149. The SMILES string of the molecule is COc1ccc2c(c1)c(CC(=O)OCCOC(=O)/C=C/c1ccc(O)cc1)c(C)n2C(=O)c1ccc(Cl)cc1. The van der Waals surface area contributed by atoms with Crippen molar-refractivity contribution in [1.82, 2.24) is 4.57 Å². The number of phenols is 1. The molecule has 4 rings (SSSR count). The molecule has 1 aromatic heterocycles. The van der Waals surface area contributed by atoms with E-state index >= 15 is 0 Å². The Morgan fingerprint density at radius 1 is 0.949 bits per heavy atom. The van der Waals surface area contributed by atoms with Crippen LogP contribution in [0.4, 0.5) is 0 Å². The number of esters is 2. The number of hydrogen-bond acceptors (Lipinski definition) is 7. The molecule has 0 unspecified atom stereocenters. The van der Waals surface area contributed by atoms with Gasteiger partial charge in [-0.25, -0.2) is 4.79 Å². The van der Waals surface area contributed by atoms with Crippen molar-refractivity contribution in [3.8, 4) is 11.5 Å². The summed E-state index contributed by atoms with van der Waals surface area (Å²) in [5.41, 5.74) is 3.03. The first-order valence-corrected chi connectivity index (χ1v) is 12.4. The van der Waals surface area contributed by atoms with E-state index in [0.717, 1.165) is 5.56 Å². The molecule has 200 valence electrons. The summed E-state index contributed by atoms with van der Waals surface area (Å²) in [7, 11) is 1.54. The molecular formula is C30H26ClNO7. The van der Waals surface area contributed by atoms with Gasteiger partial charge in [0.1, 0.15) is 24.7 Å². The maximum absolute atomic E-state index is 13.4. The van der Waals surface area contributed by atoms with Crippen LogP contribution in [-0.2, 0) is 25.5 Å². The summed E-state index contributed by atoms with van der Waals surface area (Å²) in [6, 6.07) is 18.2. The standard InChI is InChI=1S/C30H26ClNO7/c1-19-25(18-29(35)39-16-15-38-28(34)14-5-20-3-10-23(33)11-4-20)26-17-24(37-2)12-13-27(26)32(19)30(36)21-6-8-22(31)9-7-21/h3-14,17,33H,15-16,18H2,1-2H3/b14-5+. The van der Waals surface area contributed by atoms with Gasteiger partial charge in [0.2, 0.25) is 0 Å². The van der Waals surface area contributed by atoms with E-state index in [0.29, 0.717) is 38.5 Å². The van der Waals surface area contributed by atoms with E-state index in [1.54, 1.807) is 79.3 Å². The first-order chi connectivity index (χ1) is 18.8. The average molecular weight is 548 g/mol. The Bertz CT molecular complexity index is 1540. The third-order valence-electron chi connectivity index (χ3n) is 6.05. The lowest BCUT2D eigenvalue weighted by atomic mass is 10.1. The van der Waals surface area contributed by atoms with Gasteiger partial charge in [-0.2, -0.15) is 0 Å². The zero-order chi connectivity index (χ0) is 27.9. The van der Waals surface area contributed by atoms with Crippen LogP contribution in [0.5, 0.6) is 11.5 Å². The lowest BCUT2D eigenvalue weighted by Gasteiger charge is -2.08. The van der Waals surface area contributed by atoms with Crippen LogP contribution in [0.1, 0.15) is 27.2 Å². The Balaban J connectivity index is 1.42. The van der Waals surface area contributed by atoms with Gasteiger partial charge in [-0.1, -0.05) is 23.7 Å². The minimum atomic E-state index is -0.592. The minimum Gasteiger partial charge on any atom is -0.508 e. The van der Waals surface area contributed by atoms with Gasteiger partial charge in [-0.05, 0) is 78.7 Å². The van der Waals surface area contributed by atoms with E-state index in [9.17, 15) is 19.5 Å². The number of fused-ring (bicyclic) bond motifs is 1. The maximum atomic E-state index is 13.4. The Morgan fingerprint density at radius 2 is 1.64 bits per heavy atom. The summed E-state index contributed by atoms with van der Waals surface area (Å²) in [6.45, 7) is 1.53. The van der Waals surface area contributed by atoms with Crippen LogP contribution < -0.4 is 4.74 Å². The molecule has 0 amide bonds. The summed E-state index contributed by atoms with van der Waals surface area (Å²) in [5, 5.41) is 10.5. The molecule has 1 heterocycles. The van der Waals surface area contributed by atoms with Crippen molar-refractivity contribution in [2.45, 2.75) is 13.3 Å². The monoisotopic (exact) mass is 547 g/mol. The molecule has 0 bridgehead atoms. The number of carbonyl (C=O) groups excluding carboxylic acids is 3. The summed E-state index contributed by atoms with van der Waals surface area (Å²) >= 11 is 5.98. The predicted molar refractivity (Wildman–Crippen MR) is 147 cm³/mol. The van der Waals surface area contributed by atoms with Gasteiger partial charge in [0.05, 0.1) is 19.0 Å². The van der Waals surface area contributed by atoms with Crippen LogP contribution in [0.15, 0.2) is 72.8 Å². The van der Waals surface area contributed by atoms with Crippen LogP contribution >= 0.6 is 11.6 Å². The Kier molecular flexibility index (Phi) is 8.68. The largest absolute Gasteiger partial charge is 0.508 e. The number of carbonyl (C=O) groups is 3. The smallest absolute Gasteiger partial charge is 0.330 e. The van der Waals surface area contributed by atoms with Crippen LogP contribution in [-0.4, -0.2) is 47.8 Å². The number of benzene rings is 3. The number of aromatic hydroxyl groups is 1. The zero-order valence-corrected chi connectivity index (χ0v) is 22.1. The van der Waals surface area contributed by atoms with E-state index in [1.165, 1.54) is 18.2 Å². The zero-order valence-electron chi connectivity index (χ0n) is 21.3. The molecule has 0 aliphatic heterocycles. The number of aromatic nitrogens is 1. The van der Waals surface area contributed by atoms with E-state index in [-0.39, 0.29) is 31.3 Å². The molecule has 8 nitrogen and oxygen atoms in total. The molecule has 39 heavy (non-hydrogen) atoms. The second-order valence-electron chi connectivity index (χ2n) is 8.58. The minimum absolute atomic E-state index is 0.0922. The fraction of sp³-hybridized carbons (Fsp3) is 0.167. The number of halogens is 1. The Labute approximate surface area is 230 Å². The molecule has 9 heteroatoms. The quantitative estimate of drug-likeness (QED) is 0.171. The molecular weight excluding hydrogens is 522 g/mol. The predicted octanol–water partition coefficient (Wildman–Crippen LogP) is 5.35. The van der Waals surface area contributed by atoms with Crippen molar-refractivity contribution in [2.24, 2.45) is 0 Å².